The molecule has 4 aliphatic rings. The summed E-state index contributed by atoms with van der Waals surface area (Å²) in [6.45, 7) is 0. The maximum Gasteiger partial charge on any atom is 0.323 e. The van der Waals surface area contributed by atoms with E-state index < -0.39 is 11.5 Å². The highest BCUT2D eigenvalue weighted by atomic mass is 16.4. The molecule has 0 aromatic heterocycles. The van der Waals surface area contributed by atoms with Gasteiger partial charge in [-0.1, -0.05) is 30.9 Å². The quantitative estimate of drug-likeness (QED) is 0.827. The maximum absolute atomic E-state index is 11.7. The Morgan fingerprint density at radius 1 is 1.00 bits per heavy atom. The van der Waals surface area contributed by atoms with Gasteiger partial charge in [0.05, 0.1) is 12.1 Å². The molecule has 3 fully saturated rings. The van der Waals surface area contributed by atoms with E-state index in [9.17, 15) is 9.90 Å². The van der Waals surface area contributed by atoms with Crippen LogP contribution in [0.2, 0.25) is 0 Å². The minimum atomic E-state index is -0.653. The van der Waals surface area contributed by atoms with Gasteiger partial charge in [-0.2, -0.15) is 5.11 Å². The van der Waals surface area contributed by atoms with Crippen molar-refractivity contribution in [2.45, 2.75) is 107 Å². The van der Waals surface area contributed by atoms with Crippen molar-refractivity contribution in [3.8, 4) is 0 Å². The van der Waals surface area contributed by atoms with Crippen LogP contribution in [0.4, 0.5) is 0 Å². The second kappa shape index (κ2) is 6.62. The Morgan fingerprint density at radius 2 is 1.71 bits per heavy atom. The number of hydrogen-bond donors (Lipinski definition) is 2. The summed E-state index contributed by atoms with van der Waals surface area (Å²) < 4.78 is 0. The van der Waals surface area contributed by atoms with E-state index in [1.54, 1.807) is 0 Å². The highest BCUT2D eigenvalue weighted by Crippen LogP contribution is 2.37. The van der Waals surface area contributed by atoms with Crippen LogP contribution >= 0.6 is 0 Å². The average molecular weight is 334 g/mol. The van der Waals surface area contributed by atoms with E-state index in [1.165, 1.54) is 25.7 Å². The number of fused-ring (bicyclic) bond motifs is 1. The molecule has 3 saturated carbocycles. The lowest BCUT2D eigenvalue weighted by atomic mass is 9.85. The van der Waals surface area contributed by atoms with Gasteiger partial charge < -0.3 is 5.11 Å². The fraction of sp³-hybridized carbons (Fsp3) is 0.944. The Balaban J connectivity index is 1.32. The molecule has 4 rings (SSSR count). The number of aliphatic carboxylic acids is 1. The van der Waals surface area contributed by atoms with Crippen LogP contribution in [0.25, 0.3) is 0 Å². The Morgan fingerprint density at radius 3 is 2.42 bits per heavy atom. The van der Waals surface area contributed by atoms with E-state index in [4.69, 9.17) is 0 Å². The van der Waals surface area contributed by atoms with E-state index in [2.05, 4.69) is 20.7 Å². The van der Waals surface area contributed by atoms with Crippen molar-refractivity contribution in [2.24, 2.45) is 10.3 Å². The molecule has 0 saturated heterocycles. The zero-order valence-corrected chi connectivity index (χ0v) is 14.5. The van der Waals surface area contributed by atoms with Crippen LogP contribution in [-0.2, 0) is 4.79 Å². The van der Waals surface area contributed by atoms with Crippen molar-refractivity contribution in [3.63, 3.8) is 0 Å². The summed E-state index contributed by atoms with van der Waals surface area (Å²) in [5.41, 5.74) is -0.653. The first kappa shape index (κ1) is 16.3. The minimum Gasteiger partial charge on any atom is -0.480 e. The topological polar surface area (TPSA) is 77.3 Å². The zero-order valence-electron chi connectivity index (χ0n) is 14.5. The summed E-state index contributed by atoms with van der Waals surface area (Å²) in [7, 11) is 0. The zero-order chi connectivity index (χ0) is 16.6. The predicted molar refractivity (Wildman–Crippen MR) is 90.8 cm³/mol. The third-order valence-electron chi connectivity index (χ3n) is 6.75. The van der Waals surface area contributed by atoms with Gasteiger partial charge in [-0.25, -0.2) is 0 Å². The SMILES string of the molecule is O=C(O)C1(NC2CCC(N3N=NC4CCCCC43)CC2)CCCC1. The molecule has 1 heterocycles. The number of nitrogens with zero attached hydrogens (tertiary/aromatic N) is 3. The monoisotopic (exact) mass is 334 g/mol. The Bertz CT molecular complexity index is 495. The van der Waals surface area contributed by atoms with Crippen molar-refractivity contribution >= 4 is 5.97 Å². The fourth-order valence-electron chi connectivity index (χ4n) is 5.35. The molecule has 0 bridgehead atoms. The summed E-state index contributed by atoms with van der Waals surface area (Å²) in [6.07, 6.45) is 13.0. The van der Waals surface area contributed by atoms with Crippen LogP contribution in [0.3, 0.4) is 0 Å². The second-order valence-electron chi connectivity index (χ2n) is 8.25. The molecule has 2 atom stereocenters. The molecule has 6 heteroatoms. The number of hydrogen-bond acceptors (Lipinski definition) is 5. The first-order valence-electron chi connectivity index (χ1n) is 9.88. The third kappa shape index (κ3) is 2.93. The molecule has 24 heavy (non-hydrogen) atoms. The van der Waals surface area contributed by atoms with Crippen LogP contribution < -0.4 is 5.32 Å². The summed E-state index contributed by atoms with van der Waals surface area (Å²) in [5.74, 6) is -0.652. The van der Waals surface area contributed by atoms with E-state index in [1.807, 2.05) is 0 Å². The molecule has 3 aliphatic carbocycles. The van der Waals surface area contributed by atoms with Gasteiger partial charge in [0.2, 0.25) is 0 Å². The first-order chi connectivity index (χ1) is 11.7. The number of carbonyl (C=O) groups is 1. The van der Waals surface area contributed by atoms with Gasteiger partial charge in [0.25, 0.3) is 0 Å². The summed E-state index contributed by atoms with van der Waals surface area (Å²) in [5, 5.41) is 24.5. The van der Waals surface area contributed by atoms with E-state index in [0.29, 0.717) is 24.2 Å². The van der Waals surface area contributed by atoms with Gasteiger partial charge >= 0.3 is 5.97 Å². The predicted octanol–water partition coefficient (Wildman–Crippen LogP) is 3.28. The third-order valence-corrected chi connectivity index (χ3v) is 6.75. The molecule has 0 radical (unpaired) electrons. The van der Waals surface area contributed by atoms with Crippen molar-refractivity contribution < 1.29 is 9.90 Å². The van der Waals surface area contributed by atoms with Crippen LogP contribution in [0.5, 0.6) is 0 Å². The average Bonchev–Trinajstić information content (AvgIpc) is 3.23. The summed E-state index contributed by atoms with van der Waals surface area (Å²) in [4.78, 5) is 11.7. The van der Waals surface area contributed by atoms with Gasteiger partial charge in [0.15, 0.2) is 0 Å². The van der Waals surface area contributed by atoms with Gasteiger partial charge in [0.1, 0.15) is 5.54 Å². The molecular weight excluding hydrogens is 304 g/mol. The highest BCUT2D eigenvalue weighted by molar-refractivity contribution is 5.79. The van der Waals surface area contributed by atoms with Crippen molar-refractivity contribution in [1.82, 2.24) is 10.3 Å². The van der Waals surface area contributed by atoms with Crippen molar-refractivity contribution in [2.75, 3.05) is 0 Å². The maximum atomic E-state index is 11.7. The molecule has 1 aliphatic heterocycles. The molecule has 134 valence electrons. The number of carboxylic acids is 1. The molecule has 0 aromatic carbocycles. The largest absolute Gasteiger partial charge is 0.480 e. The lowest BCUT2D eigenvalue weighted by Crippen LogP contribution is -2.56. The standard InChI is InChI=1S/C18H30N4O2/c23-17(24)18(11-3-4-12-18)19-13-7-9-14(10-8-13)22-16-6-2-1-5-15(16)20-21-22/h13-16,19H,1-12H2,(H,23,24). The van der Waals surface area contributed by atoms with Gasteiger partial charge in [-0.3, -0.25) is 15.1 Å². The number of rotatable bonds is 4. The fourth-order valence-corrected chi connectivity index (χ4v) is 5.35. The lowest BCUT2D eigenvalue weighted by molar-refractivity contribution is -0.145. The summed E-state index contributed by atoms with van der Waals surface area (Å²) in [6, 6.07) is 1.82. The van der Waals surface area contributed by atoms with Crippen LogP contribution in [0, 0.1) is 0 Å². The summed E-state index contributed by atoms with van der Waals surface area (Å²) >= 11 is 0. The van der Waals surface area contributed by atoms with E-state index >= 15 is 0 Å². The molecular formula is C18H30N4O2. The normalized spacial score (nSPS) is 38.2. The van der Waals surface area contributed by atoms with Crippen LogP contribution in [-0.4, -0.2) is 45.8 Å². The Labute approximate surface area is 144 Å². The number of nitrogens with one attached hydrogen (secondary N) is 1. The molecule has 0 amide bonds. The molecule has 2 N–H and O–H groups in total. The molecule has 0 aromatic rings. The van der Waals surface area contributed by atoms with Crippen LogP contribution in [0.15, 0.2) is 10.3 Å². The highest BCUT2D eigenvalue weighted by Gasteiger charge is 2.44. The van der Waals surface area contributed by atoms with E-state index in [-0.39, 0.29) is 0 Å². The van der Waals surface area contributed by atoms with Crippen LogP contribution in [0.1, 0.15) is 77.0 Å². The minimum absolute atomic E-state index is 0.345. The molecule has 6 nitrogen and oxygen atoms in total. The lowest BCUT2D eigenvalue weighted by Gasteiger charge is -2.40. The number of carboxylic acid groups (broad SMARTS) is 1. The Kier molecular flexibility index (Phi) is 4.50. The smallest absolute Gasteiger partial charge is 0.323 e. The van der Waals surface area contributed by atoms with Crippen molar-refractivity contribution in [3.05, 3.63) is 0 Å². The van der Waals surface area contributed by atoms with Gasteiger partial charge in [-0.15, -0.1) is 0 Å². The van der Waals surface area contributed by atoms with Gasteiger partial charge in [0, 0.05) is 12.1 Å². The van der Waals surface area contributed by atoms with Gasteiger partial charge in [-0.05, 0) is 51.4 Å². The van der Waals surface area contributed by atoms with Crippen molar-refractivity contribution in [1.29, 1.82) is 0 Å². The van der Waals surface area contributed by atoms with E-state index in [0.717, 1.165) is 51.4 Å². The molecule has 2 unspecified atom stereocenters. The first-order valence-corrected chi connectivity index (χ1v) is 9.88. The Hall–Kier alpha value is -1.17. The molecule has 0 spiro atoms. The second-order valence-corrected chi connectivity index (χ2v) is 8.25.